The number of hydrogen-bond acceptors (Lipinski definition) is 6. The highest BCUT2D eigenvalue weighted by Crippen LogP contribution is 2.35. The predicted molar refractivity (Wildman–Crippen MR) is 119 cm³/mol. The minimum Gasteiger partial charge on any atom is -0.456 e. The standard InChI is InChI=1S/C23H20F3N3O4S/c1-14(30)27-11-16-6-8-17(9-7-16)21(32)33-12-19-13-34-22(28-19)29(15(2)31)20-5-3-4-18(10-20)23(24,25)26/h3-10,13H,11-12H2,1-2H3,(H,27,30). The molecule has 0 aliphatic rings. The van der Waals surface area contributed by atoms with Crippen molar-refractivity contribution in [2.24, 2.45) is 0 Å². The minimum atomic E-state index is -4.55. The topological polar surface area (TPSA) is 88.6 Å². The molecule has 0 saturated heterocycles. The molecule has 34 heavy (non-hydrogen) atoms. The summed E-state index contributed by atoms with van der Waals surface area (Å²) >= 11 is 1.04. The number of alkyl halides is 3. The molecule has 1 aromatic heterocycles. The Balaban J connectivity index is 1.68. The molecule has 1 heterocycles. The van der Waals surface area contributed by atoms with Gasteiger partial charge in [-0.3, -0.25) is 14.5 Å². The molecular formula is C23H20F3N3O4S. The number of nitrogens with zero attached hydrogens (tertiary/aromatic N) is 2. The highest BCUT2D eigenvalue weighted by atomic mass is 32.1. The molecule has 2 aromatic carbocycles. The molecule has 0 aliphatic carbocycles. The first-order valence-corrected chi connectivity index (χ1v) is 10.9. The normalized spacial score (nSPS) is 11.1. The number of carbonyl (C=O) groups is 3. The Labute approximate surface area is 197 Å². The molecule has 0 unspecified atom stereocenters. The van der Waals surface area contributed by atoms with Crippen molar-refractivity contribution in [2.75, 3.05) is 4.90 Å². The average molecular weight is 491 g/mol. The first-order valence-electron chi connectivity index (χ1n) is 9.97. The van der Waals surface area contributed by atoms with Crippen molar-refractivity contribution < 1.29 is 32.3 Å². The molecule has 1 N–H and O–H groups in total. The molecule has 3 aromatic rings. The fourth-order valence-corrected chi connectivity index (χ4v) is 3.79. The van der Waals surface area contributed by atoms with Crippen molar-refractivity contribution in [1.82, 2.24) is 10.3 Å². The lowest BCUT2D eigenvalue weighted by atomic mass is 10.1. The number of aromatic nitrogens is 1. The van der Waals surface area contributed by atoms with E-state index in [1.54, 1.807) is 29.6 Å². The summed E-state index contributed by atoms with van der Waals surface area (Å²) in [6.07, 6.45) is -4.55. The lowest BCUT2D eigenvalue weighted by Crippen LogP contribution is -2.23. The molecule has 0 spiro atoms. The van der Waals surface area contributed by atoms with E-state index in [2.05, 4.69) is 10.3 Å². The Morgan fingerprint density at radius 1 is 1.09 bits per heavy atom. The number of ether oxygens (including phenoxy) is 1. The van der Waals surface area contributed by atoms with E-state index in [4.69, 9.17) is 4.74 Å². The summed E-state index contributed by atoms with van der Waals surface area (Å²) in [4.78, 5) is 40.8. The highest BCUT2D eigenvalue weighted by molar-refractivity contribution is 7.14. The molecule has 178 valence electrons. The van der Waals surface area contributed by atoms with Crippen LogP contribution in [0.15, 0.2) is 53.9 Å². The molecular weight excluding hydrogens is 471 g/mol. The Hall–Kier alpha value is -3.73. The second-order valence-electron chi connectivity index (χ2n) is 7.21. The summed E-state index contributed by atoms with van der Waals surface area (Å²) < 4.78 is 44.5. The number of halogens is 3. The second kappa shape index (κ2) is 10.5. The smallest absolute Gasteiger partial charge is 0.416 e. The lowest BCUT2D eigenvalue weighted by Gasteiger charge is -2.19. The van der Waals surface area contributed by atoms with Crippen molar-refractivity contribution in [3.05, 3.63) is 76.3 Å². The van der Waals surface area contributed by atoms with Crippen LogP contribution in [0.1, 0.15) is 41.0 Å². The van der Waals surface area contributed by atoms with Gasteiger partial charge in [0.05, 0.1) is 22.5 Å². The maximum Gasteiger partial charge on any atom is 0.416 e. The van der Waals surface area contributed by atoms with E-state index in [1.807, 2.05) is 0 Å². The van der Waals surface area contributed by atoms with Gasteiger partial charge < -0.3 is 10.1 Å². The first-order chi connectivity index (χ1) is 16.0. The third kappa shape index (κ3) is 6.41. The fourth-order valence-electron chi connectivity index (χ4n) is 2.92. The second-order valence-corrected chi connectivity index (χ2v) is 8.04. The number of thiazole rings is 1. The molecule has 0 atom stereocenters. The summed E-state index contributed by atoms with van der Waals surface area (Å²) in [7, 11) is 0. The van der Waals surface area contributed by atoms with Gasteiger partial charge in [-0.05, 0) is 35.9 Å². The van der Waals surface area contributed by atoms with Crippen molar-refractivity contribution >= 4 is 39.9 Å². The van der Waals surface area contributed by atoms with Crippen LogP contribution in [0.5, 0.6) is 0 Å². The van der Waals surface area contributed by atoms with Crippen LogP contribution in [0.3, 0.4) is 0 Å². The zero-order valence-electron chi connectivity index (χ0n) is 18.2. The van der Waals surface area contributed by atoms with Gasteiger partial charge in [0.1, 0.15) is 6.61 Å². The van der Waals surface area contributed by atoms with Gasteiger partial charge in [0, 0.05) is 25.8 Å². The zero-order valence-corrected chi connectivity index (χ0v) is 19.0. The number of hydrogen-bond donors (Lipinski definition) is 1. The van der Waals surface area contributed by atoms with E-state index in [0.717, 1.165) is 33.9 Å². The molecule has 3 rings (SSSR count). The quantitative estimate of drug-likeness (QED) is 0.478. The lowest BCUT2D eigenvalue weighted by molar-refractivity contribution is -0.137. The third-order valence-electron chi connectivity index (χ3n) is 4.56. The molecule has 0 saturated carbocycles. The Kier molecular flexibility index (Phi) is 7.67. The van der Waals surface area contributed by atoms with Gasteiger partial charge in [-0.25, -0.2) is 9.78 Å². The van der Waals surface area contributed by atoms with E-state index < -0.39 is 23.6 Å². The van der Waals surface area contributed by atoms with Crippen molar-refractivity contribution in [1.29, 1.82) is 0 Å². The molecule has 7 nitrogen and oxygen atoms in total. The Morgan fingerprint density at radius 2 is 1.79 bits per heavy atom. The summed E-state index contributed by atoms with van der Waals surface area (Å²) in [5, 5.41) is 4.36. The van der Waals surface area contributed by atoms with Gasteiger partial charge in [0.2, 0.25) is 11.8 Å². The zero-order chi connectivity index (χ0) is 24.9. The van der Waals surface area contributed by atoms with Gasteiger partial charge in [0.15, 0.2) is 5.13 Å². The summed E-state index contributed by atoms with van der Waals surface area (Å²) in [5.74, 6) is -1.28. The molecule has 0 bridgehead atoms. The van der Waals surface area contributed by atoms with Gasteiger partial charge in [-0.1, -0.05) is 18.2 Å². The van der Waals surface area contributed by atoms with Gasteiger partial charge in [0.25, 0.3) is 0 Å². The SMILES string of the molecule is CC(=O)NCc1ccc(C(=O)OCc2csc(N(C(C)=O)c3cccc(C(F)(F)F)c3)n2)cc1. The molecule has 0 radical (unpaired) electrons. The van der Waals surface area contributed by atoms with E-state index >= 15 is 0 Å². The van der Waals surface area contributed by atoms with Gasteiger partial charge in [-0.15, -0.1) is 11.3 Å². The van der Waals surface area contributed by atoms with Crippen molar-refractivity contribution in [2.45, 2.75) is 33.2 Å². The minimum absolute atomic E-state index is 0.0274. The summed E-state index contributed by atoms with van der Waals surface area (Å²) in [6.45, 7) is 2.78. The molecule has 2 amide bonds. The number of amides is 2. The predicted octanol–water partition coefficient (Wildman–Crippen LogP) is 4.84. The van der Waals surface area contributed by atoms with Crippen LogP contribution in [-0.4, -0.2) is 22.8 Å². The van der Waals surface area contributed by atoms with Crippen LogP contribution in [0, 0.1) is 0 Å². The third-order valence-corrected chi connectivity index (χ3v) is 5.43. The Morgan fingerprint density at radius 3 is 2.41 bits per heavy atom. The maximum absolute atomic E-state index is 13.1. The van der Waals surface area contributed by atoms with Crippen LogP contribution >= 0.6 is 11.3 Å². The monoisotopic (exact) mass is 491 g/mol. The van der Waals surface area contributed by atoms with Crippen LogP contribution in [-0.2, 0) is 33.7 Å². The number of carbonyl (C=O) groups excluding carboxylic acids is 3. The summed E-state index contributed by atoms with van der Waals surface area (Å²) in [5.41, 5.74) is 0.602. The average Bonchev–Trinajstić information content (AvgIpc) is 3.24. The van der Waals surface area contributed by atoms with Gasteiger partial charge >= 0.3 is 12.1 Å². The molecule has 0 fully saturated rings. The van der Waals surface area contributed by atoms with Crippen LogP contribution in [0.4, 0.5) is 24.0 Å². The number of nitrogens with one attached hydrogen (secondary N) is 1. The van der Waals surface area contributed by atoms with Crippen LogP contribution in [0.25, 0.3) is 0 Å². The molecule has 11 heteroatoms. The van der Waals surface area contributed by atoms with Gasteiger partial charge in [-0.2, -0.15) is 13.2 Å². The number of rotatable bonds is 7. The van der Waals surface area contributed by atoms with E-state index in [9.17, 15) is 27.6 Å². The molecule has 0 aliphatic heterocycles. The first kappa shape index (κ1) is 24.9. The fraction of sp³-hybridized carbons (Fsp3) is 0.217. The van der Waals surface area contributed by atoms with Crippen molar-refractivity contribution in [3.8, 4) is 0 Å². The largest absolute Gasteiger partial charge is 0.456 e. The highest BCUT2D eigenvalue weighted by Gasteiger charge is 2.31. The van der Waals surface area contributed by atoms with E-state index in [1.165, 1.54) is 26.0 Å². The Bertz CT molecular complexity index is 1190. The van der Waals surface area contributed by atoms with E-state index in [-0.39, 0.29) is 23.3 Å². The maximum atomic E-state index is 13.1. The van der Waals surface area contributed by atoms with Crippen LogP contribution in [0.2, 0.25) is 0 Å². The number of benzene rings is 2. The van der Waals surface area contributed by atoms with Crippen molar-refractivity contribution in [3.63, 3.8) is 0 Å². The number of anilines is 2. The van der Waals surface area contributed by atoms with E-state index in [0.29, 0.717) is 17.8 Å². The summed E-state index contributed by atoms with van der Waals surface area (Å²) in [6, 6.07) is 10.9. The van der Waals surface area contributed by atoms with Crippen LogP contribution < -0.4 is 10.2 Å². The number of esters is 1.